The van der Waals surface area contributed by atoms with E-state index < -0.39 is 0 Å². The monoisotopic (exact) mass is 488 g/mol. The van der Waals surface area contributed by atoms with E-state index >= 15 is 0 Å². The van der Waals surface area contributed by atoms with E-state index in [0.29, 0.717) is 6.61 Å². The standard InChI is InChI=1S/C20H32N4O2.HI/c1-3-21-20(22-10-15-26-16-17-8-9-17)24-13-11-23(12-14-24)18-6-4-5-7-19(18)25-2;/h4-7,17H,3,8-16H2,1-2H3,(H,21,22);1H. The molecule has 0 bridgehead atoms. The summed E-state index contributed by atoms with van der Waals surface area (Å²) < 4.78 is 11.2. The quantitative estimate of drug-likeness (QED) is 0.264. The van der Waals surface area contributed by atoms with Crippen LogP contribution in [0.3, 0.4) is 0 Å². The third-order valence-corrected chi connectivity index (χ3v) is 4.89. The van der Waals surface area contributed by atoms with Crippen molar-refractivity contribution in [1.29, 1.82) is 0 Å². The summed E-state index contributed by atoms with van der Waals surface area (Å²) >= 11 is 0. The number of halogens is 1. The molecule has 0 atom stereocenters. The third kappa shape index (κ3) is 6.71. The Balaban J connectivity index is 0.00000261. The highest BCUT2D eigenvalue weighted by Crippen LogP contribution is 2.29. The first-order valence-electron chi connectivity index (χ1n) is 9.80. The van der Waals surface area contributed by atoms with E-state index in [1.54, 1.807) is 7.11 Å². The number of nitrogens with one attached hydrogen (secondary N) is 1. The van der Waals surface area contributed by atoms with Crippen molar-refractivity contribution in [2.24, 2.45) is 10.9 Å². The lowest BCUT2D eigenvalue weighted by atomic mass is 10.2. The van der Waals surface area contributed by atoms with Crippen LogP contribution >= 0.6 is 24.0 Å². The zero-order valence-corrected chi connectivity index (χ0v) is 18.9. The molecule has 0 amide bonds. The minimum atomic E-state index is 0. The molecule has 0 unspecified atom stereocenters. The summed E-state index contributed by atoms with van der Waals surface area (Å²) in [5, 5.41) is 3.42. The van der Waals surface area contributed by atoms with Gasteiger partial charge in [0.15, 0.2) is 5.96 Å². The number of methoxy groups -OCH3 is 1. The first-order valence-corrected chi connectivity index (χ1v) is 9.80. The summed E-state index contributed by atoms with van der Waals surface area (Å²) in [6.07, 6.45) is 2.67. The van der Waals surface area contributed by atoms with E-state index in [9.17, 15) is 0 Å². The van der Waals surface area contributed by atoms with Gasteiger partial charge in [-0.1, -0.05) is 12.1 Å². The first kappa shape index (κ1) is 22.1. The van der Waals surface area contributed by atoms with Crippen molar-refractivity contribution in [3.63, 3.8) is 0 Å². The Bertz CT molecular complexity index is 587. The Hall–Kier alpha value is -1.22. The molecule has 6 nitrogen and oxygen atoms in total. The van der Waals surface area contributed by atoms with Gasteiger partial charge in [-0.3, -0.25) is 4.99 Å². The summed E-state index contributed by atoms with van der Waals surface area (Å²) in [6, 6.07) is 8.23. The fraction of sp³-hybridized carbons (Fsp3) is 0.650. The second-order valence-corrected chi connectivity index (χ2v) is 6.90. The topological polar surface area (TPSA) is 49.3 Å². The van der Waals surface area contributed by atoms with E-state index in [1.165, 1.54) is 18.5 Å². The number of hydrogen-bond acceptors (Lipinski definition) is 4. The Labute approximate surface area is 180 Å². The molecule has 27 heavy (non-hydrogen) atoms. The molecular weight excluding hydrogens is 455 g/mol. The van der Waals surface area contributed by atoms with Gasteiger partial charge in [0.25, 0.3) is 0 Å². The predicted molar refractivity (Wildman–Crippen MR) is 122 cm³/mol. The number of ether oxygens (including phenoxy) is 2. The number of aliphatic imine (C=N–C) groups is 1. The van der Waals surface area contributed by atoms with E-state index in [2.05, 4.69) is 34.2 Å². The highest BCUT2D eigenvalue weighted by atomic mass is 127. The van der Waals surface area contributed by atoms with Crippen LogP contribution in [0.25, 0.3) is 0 Å². The summed E-state index contributed by atoms with van der Waals surface area (Å²) in [5.74, 6) is 2.76. The van der Waals surface area contributed by atoms with Crippen LogP contribution in [0.1, 0.15) is 19.8 Å². The molecule has 0 radical (unpaired) electrons. The van der Waals surface area contributed by atoms with Crippen LogP contribution in [-0.2, 0) is 4.74 Å². The number of para-hydroxylation sites is 2. The molecule has 1 aromatic carbocycles. The molecule has 0 spiro atoms. The van der Waals surface area contributed by atoms with Crippen LogP contribution in [-0.4, -0.2) is 70.5 Å². The Morgan fingerprint density at radius 2 is 1.93 bits per heavy atom. The van der Waals surface area contributed by atoms with E-state index in [-0.39, 0.29) is 24.0 Å². The average Bonchev–Trinajstić information content (AvgIpc) is 3.51. The molecule has 0 aromatic heterocycles. The van der Waals surface area contributed by atoms with Gasteiger partial charge < -0.3 is 24.6 Å². The molecule has 1 heterocycles. The van der Waals surface area contributed by atoms with Crippen molar-refractivity contribution < 1.29 is 9.47 Å². The fourth-order valence-corrected chi connectivity index (χ4v) is 3.23. The second kappa shape index (κ2) is 11.6. The summed E-state index contributed by atoms with van der Waals surface area (Å²) in [7, 11) is 1.73. The molecule has 1 aromatic rings. The number of hydrogen-bond donors (Lipinski definition) is 1. The number of anilines is 1. The third-order valence-electron chi connectivity index (χ3n) is 4.89. The van der Waals surface area contributed by atoms with E-state index in [4.69, 9.17) is 14.5 Å². The molecule has 1 saturated heterocycles. The zero-order chi connectivity index (χ0) is 18.2. The smallest absolute Gasteiger partial charge is 0.194 e. The first-order chi connectivity index (χ1) is 12.8. The van der Waals surface area contributed by atoms with Crippen molar-refractivity contribution in [3.05, 3.63) is 24.3 Å². The Kier molecular flexibility index (Phi) is 9.47. The maximum Gasteiger partial charge on any atom is 0.194 e. The van der Waals surface area contributed by atoms with Crippen LogP contribution in [0.4, 0.5) is 5.69 Å². The maximum atomic E-state index is 5.70. The largest absolute Gasteiger partial charge is 0.495 e. The molecule has 1 aliphatic carbocycles. The number of rotatable bonds is 8. The highest BCUT2D eigenvalue weighted by Gasteiger charge is 2.22. The molecule has 2 aliphatic rings. The van der Waals surface area contributed by atoms with Gasteiger partial charge in [-0.05, 0) is 37.8 Å². The van der Waals surface area contributed by atoms with Gasteiger partial charge in [-0.15, -0.1) is 24.0 Å². The molecular formula is C20H33IN4O2. The molecule has 2 fully saturated rings. The van der Waals surface area contributed by atoms with Crippen LogP contribution < -0.4 is 15.0 Å². The van der Waals surface area contributed by atoms with E-state index in [0.717, 1.165) is 63.5 Å². The number of piperazine rings is 1. The molecule has 152 valence electrons. The van der Waals surface area contributed by atoms with Gasteiger partial charge in [-0.2, -0.15) is 0 Å². The Morgan fingerprint density at radius 3 is 2.59 bits per heavy atom. The lowest BCUT2D eigenvalue weighted by Crippen LogP contribution is -2.52. The van der Waals surface area contributed by atoms with Gasteiger partial charge in [0.2, 0.25) is 0 Å². The lowest BCUT2D eigenvalue weighted by molar-refractivity contribution is 0.131. The van der Waals surface area contributed by atoms with Gasteiger partial charge in [0.05, 0.1) is 25.9 Å². The summed E-state index contributed by atoms with van der Waals surface area (Å²) in [6.45, 7) is 9.17. The number of guanidine groups is 1. The normalized spacial score (nSPS) is 17.5. The van der Waals surface area contributed by atoms with Crippen molar-refractivity contribution in [3.8, 4) is 5.75 Å². The summed E-state index contributed by atoms with van der Waals surface area (Å²) in [4.78, 5) is 9.48. The highest BCUT2D eigenvalue weighted by molar-refractivity contribution is 14.0. The fourth-order valence-electron chi connectivity index (χ4n) is 3.23. The van der Waals surface area contributed by atoms with Crippen molar-refractivity contribution in [2.45, 2.75) is 19.8 Å². The second-order valence-electron chi connectivity index (χ2n) is 6.90. The van der Waals surface area contributed by atoms with Crippen molar-refractivity contribution in [1.82, 2.24) is 10.2 Å². The van der Waals surface area contributed by atoms with Crippen LogP contribution in [0.2, 0.25) is 0 Å². The molecule has 7 heteroatoms. The Morgan fingerprint density at radius 1 is 1.19 bits per heavy atom. The molecule has 3 rings (SSSR count). The van der Waals surface area contributed by atoms with Crippen LogP contribution in [0.15, 0.2) is 29.3 Å². The van der Waals surface area contributed by atoms with Gasteiger partial charge in [0, 0.05) is 39.3 Å². The van der Waals surface area contributed by atoms with Gasteiger partial charge in [0.1, 0.15) is 5.75 Å². The van der Waals surface area contributed by atoms with Gasteiger partial charge >= 0.3 is 0 Å². The van der Waals surface area contributed by atoms with E-state index in [1.807, 2.05) is 12.1 Å². The molecule has 1 N–H and O–H groups in total. The SMILES string of the molecule is CCNC(=NCCOCC1CC1)N1CCN(c2ccccc2OC)CC1.I. The molecule has 1 aliphatic heterocycles. The number of nitrogens with zero attached hydrogens (tertiary/aromatic N) is 3. The number of benzene rings is 1. The minimum absolute atomic E-state index is 0. The minimum Gasteiger partial charge on any atom is -0.495 e. The lowest BCUT2D eigenvalue weighted by Gasteiger charge is -2.38. The maximum absolute atomic E-state index is 5.70. The average molecular weight is 488 g/mol. The summed E-state index contributed by atoms with van der Waals surface area (Å²) in [5.41, 5.74) is 1.17. The van der Waals surface area contributed by atoms with Crippen LogP contribution in [0.5, 0.6) is 5.75 Å². The predicted octanol–water partition coefficient (Wildman–Crippen LogP) is 2.83. The van der Waals surface area contributed by atoms with Crippen LogP contribution in [0, 0.1) is 5.92 Å². The van der Waals surface area contributed by atoms with Crippen molar-refractivity contribution in [2.75, 3.05) is 64.5 Å². The van der Waals surface area contributed by atoms with Crippen molar-refractivity contribution >= 4 is 35.6 Å². The van der Waals surface area contributed by atoms with Gasteiger partial charge in [-0.25, -0.2) is 0 Å². The molecule has 1 saturated carbocycles. The zero-order valence-electron chi connectivity index (χ0n) is 16.5.